The lowest BCUT2D eigenvalue weighted by molar-refractivity contribution is 0.0229. The molecule has 30 heavy (non-hydrogen) atoms. The Morgan fingerprint density at radius 2 is 1.97 bits per heavy atom. The first-order valence-electron chi connectivity index (χ1n) is 10.3. The summed E-state index contributed by atoms with van der Waals surface area (Å²) >= 11 is 6.12. The molecular formula is C22H27ClN4O2Si. The van der Waals surface area contributed by atoms with Crippen LogP contribution in [0.25, 0.3) is 10.9 Å². The Balaban J connectivity index is 1.53. The van der Waals surface area contributed by atoms with Gasteiger partial charge >= 0.3 is 0 Å². The topological polar surface area (TPSA) is 70.0 Å². The molecule has 4 rings (SSSR count). The predicted octanol–water partition coefficient (Wildman–Crippen LogP) is 5.34. The normalized spacial score (nSPS) is 18.6. The molecule has 3 heterocycles. The molecule has 2 atom stereocenters. The number of halogens is 1. The molecule has 1 aliphatic carbocycles. The van der Waals surface area contributed by atoms with Crippen molar-refractivity contribution in [2.45, 2.75) is 50.9 Å². The summed E-state index contributed by atoms with van der Waals surface area (Å²) in [7, 11) is -1.12. The Hall–Kier alpha value is -2.09. The van der Waals surface area contributed by atoms with Crippen molar-refractivity contribution in [3.05, 3.63) is 53.0 Å². The number of nitrogens with zero attached hydrogens (tertiary/aromatic N) is 4. The molecule has 3 aromatic heterocycles. The van der Waals surface area contributed by atoms with E-state index in [0.29, 0.717) is 11.8 Å². The molecule has 0 saturated heterocycles. The minimum atomic E-state index is -1.12. The summed E-state index contributed by atoms with van der Waals surface area (Å²) in [4.78, 5) is 18.1. The third kappa shape index (κ3) is 5.14. The van der Waals surface area contributed by atoms with Gasteiger partial charge in [-0.05, 0) is 25.5 Å². The van der Waals surface area contributed by atoms with Gasteiger partial charge in [-0.3, -0.25) is 4.98 Å². The Labute approximate surface area is 183 Å². The number of fused-ring (bicyclic) bond motifs is 1. The Morgan fingerprint density at radius 1 is 1.13 bits per heavy atom. The van der Waals surface area contributed by atoms with Crippen molar-refractivity contribution in [2.24, 2.45) is 0 Å². The van der Waals surface area contributed by atoms with E-state index in [-0.39, 0.29) is 18.6 Å². The van der Waals surface area contributed by atoms with Crippen LogP contribution in [0.5, 0.6) is 5.75 Å². The van der Waals surface area contributed by atoms with Crippen LogP contribution in [-0.2, 0) is 4.74 Å². The highest BCUT2D eigenvalue weighted by molar-refractivity contribution is 6.76. The van der Waals surface area contributed by atoms with Crippen LogP contribution in [0.15, 0.2) is 30.6 Å². The standard InChI is InChI=1S/C22H27ClN4O2Si/c1-14-5-6-24-22(26-14)16-9-15(16)18-10-20(29-13-28-7-8-30(2,3)4)17-12-25-21(23)11-19(17)27-18/h5-6,10-12,15-16H,7-9,13H2,1-4H3/t15-,16-/m0/s1. The lowest BCUT2D eigenvalue weighted by Crippen LogP contribution is -2.22. The molecular weight excluding hydrogens is 416 g/mol. The Morgan fingerprint density at radius 3 is 2.73 bits per heavy atom. The molecule has 0 spiro atoms. The second kappa shape index (κ2) is 8.57. The van der Waals surface area contributed by atoms with Crippen molar-refractivity contribution in [3.8, 4) is 5.75 Å². The van der Waals surface area contributed by atoms with Crippen LogP contribution in [0, 0.1) is 6.92 Å². The van der Waals surface area contributed by atoms with E-state index < -0.39 is 8.07 Å². The zero-order valence-corrected chi connectivity index (χ0v) is 19.6. The quantitative estimate of drug-likeness (QED) is 0.203. The molecule has 0 radical (unpaired) electrons. The molecule has 0 aliphatic heterocycles. The van der Waals surface area contributed by atoms with E-state index in [1.54, 1.807) is 12.3 Å². The van der Waals surface area contributed by atoms with Gasteiger partial charge in [0.1, 0.15) is 16.7 Å². The van der Waals surface area contributed by atoms with Gasteiger partial charge in [-0.1, -0.05) is 31.2 Å². The summed E-state index contributed by atoms with van der Waals surface area (Å²) in [6, 6.07) is 6.80. The maximum Gasteiger partial charge on any atom is 0.189 e. The van der Waals surface area contributed by atoms with Crippen molar-refractivity contribution in [2.75, 3.05) is 13.4 Å². The third-order valence-electron chi connectivity index (χ3n) is 5.25. The number of aromatic nitrogens is 4. The summed E-state index contributed by atoms with van der Waals surface area (Å²) in [6.07, 6.45) is 4.51. The van der Waals surface area contributed by atoms with Crippen LogP contribution in [-0.4, -0.2) is 41.4 Å². The van der Waals surface area contributed by atoms with Gasteiger partial charge in [0, 0.05) is 62.4 Å². The lowest BCUT2D eigenvalue weighted by Gasteiger charge is -2.16. The molecule has 1 fully saturated rings. The second-order valence-corrected chi connectivity index (χ2v) is 15.1. The number of ether oxygens (including phenoxy) is 2. The number of pyridine rings is 2. The fourth-order valence-corrected chi connectivity index (χ4v) is 4.30. The molecule has 0 unspecified atom stereocenters. The largest absolute Gasteiger partial charge is 0.467 e. The van der Waals surface area contributed by atoms with Gasteiger partial charge in [0.05, 0.1) is 10.9 Å². The van der Waals surface area contributed by atoms with Gasteiger partial charge in [-0.15, -0.1) is 0 Å². The van der Waals surface area contributed by atoms with E-state index >= 15 is 0 Å². The van der Waals surface area contributed by atoms with Gasteiger partial charge in [0.25, 0.3) is 0 Å². The van der Waals surface area contributed by atoms with Crippen LogP contribution in [0.2, 0.25) is 30.8 Å². The molecule has 8 heteroatoms. The predicted molar refractivity (Wildman–Crippen MR) is 121 cm³/mol. The molecule has 6 nitrogen and oxygen atoms in total. The second-order valence-electron chi connectivity index (χ2n) is 9.06. The maximum absolute atomic E-state index is 6.12. The average Bonchev–Trinajstić information content (AvgIpc) is 3.47. The molecule has 0 N–H and O–H groups in total. The summed E-state index contributed by atoms with van der Waals surface area (Å²) in [5.74, 6) is 2.17. The third-order valence-corrected chi connectivity index (χ3v) is 7.16. The van der Waals surface area contributed by atoms with E-state index in [0.717, 1.165) is 46.3 Å². The van der Waals surface area contributed by atoms with E-state index in [1.165, 1.54) is 0 Å². The summed E-state index contributed by atoms with van der Waals surface area (Å²) < 4.78 is 11.7. The molecule has 1 aliphatic rings. The number of hydrogen-bond donors (Lipinski definition) is 0. The lowest BCUT2D eigenvalue weighted by atomic mass is 10.1. The zero-order valence-electron chi connectivity index (χ0n) is 17.9. The van der Waals surface area contributed by atoms with Crippen LogP contribution >= 0.6 is 11.6 Å². The fraction of sp³-hybridized carbons (Fsp3) is 0.455. The highest BCUT2D eigenvalue weighted by Crippen LogP contribution is 2.53. The minimum Gasteiger partial charge on any atom is -0.467 e. The van der Waals surface area contributed by atoms with Crippen LogP contribution in [0.4, 0.5) is 0 Å². The molecule has 158 valence electrons. The van der Waals surface area contributed by atoms with Gasteiger partial charge in [0.15, 0.2) is 6.79 Å². The number of hydrogen-bond acceptors (Lipinski definition) is 6. The van der Waals surface area contributed by atoms with Crippen LogP contribution in [0.3, 0.4) is 0 Å². The van der Waals surface area contributed by atoms with Gasteiger partial charge in [-0.25, -0.2) is 15.0 Å². The van der Waals surface area contributed by atoms with Crippen LogP contribution in [0.1, 0.15) is 35.5 Å². The van der Waals surface area contributed by atoms with E-state index in [9.17, 15) is 0 Å². The number of rotatable bonds is 8. The highest BCUT2D eigenvalue weighted by Gasteiger charge is 2.43. The molecule has 3 aromatic rings. The van der Waals surface area contributed by atoms with E-state index in [4.69, 9.17) is 26.1 Å². The molecule has 0 bridgehead atoms. The van der Waals surface area contributed by atoms with Crippen molar-refractivity contribution in [3.63, 3.8) is 0 Å². The monoisotopic (exact) mass is 442 g/mol. The Kier molecular flexibility index (Phi) is 6.04. The van der Waals surface area contributed by atoms with Crippen molar-refractivity contribution >= 4 is 30.6 Å². The van der Waals surface area contributed by atoms with Gasteiger partial charge in [-0.2, -0.15) is 0 Å². The fourth-order valence-electron chi connectivity index (χ4n) is 3.39. The summed E-state index contributed by atoms with van der Waals surface area (Å²) in [5, 5.41) is 1.25. The summed E-state index contributed by atoms with van der Waals surface area (Å²) in [5.41, 5.74) is 2.73. The molecule has 0 amide bonds. The average molecular weight is 443 g/mol. The van der Waals surface area contributed by atoms with Gasteiger partial charge in [0.2, 0.25) is 0 Å². The van der Waals surface area contributed by atoms with Gasteiger partial charge < -0.3 is 9.47 Å². The SMILES string of the molecule is Cc1ccnc([C@H]2C[C@@H]2c2cc(OCOCC[Si](C)(C)C)c3cnc(Cl)cc3n2)n1. The number of aryl methyl sites for hydroxylation is 1. The van der Waals surface area contributed by atoms with Crippen molar-refractivity contribution < 1.29 is 9.47 Å². The van der Waals surface area contributed by atoms with Crippen LogP contribution < -0.4 is 4.74 Å². The first-order chi connectivity index (χ1) is 14.3. The highest BCUT2D eigenvalue weighted by atomic mass is 35.5. The zero-order chi connectivity index (χ0) is 21.3. The van der Waals surface area contributed by atoms with Crippen molar-refractivity contribution in [1.29, 1.82) is 0 Å². The van der Waals surface area contributed by atoms with Crippen molar-refractivity contribution in [1.82, 2.24) is 19.9 Å². The molecule has 1 saturated carbocycles. The first-order valence-corrected chi connectivity index (χ1v) is 14.3. The first kappa shape index (κ1) is 21.2. The smallest absolute Gasteiger partial charge is 0.189 e. The Bertz CT molecular complexity index is 1060. The molecule has 0 aromatic carbocycles. The summed E-state index contributed by atoms with van der Waals surface area (Å²) in [6.45, 7) is 9.91. The maximum atomic E-state index is 6.12. The van der Waals surface area contributed by atoms with E-state index in [1.807, 2.05) is 25.3 Å². The van der Waals surface area contributed by atoms with E-state index in [2.05, 4.69) is 34.6 Å². The minimum absolute atomic E-state index is 0.209.